The van der Waals surface area contributed by atoms with Gasteiger partial charge in [0.15, 0.2) is 5.78 Å². The van der Waals surface area contributed by atoms with Crippen molar-refractivity contribution >= 4 is 17.2 Å². The summed E-state index contributed by atoms with van der Waals surface area (Å²) in [6.07, 6.45) is 0. The lowest BCUT2D eigenvalue weighted by atomic mass is 9.94. The lowest BCUT2D eigenvalue weighted by molar-refractivity contribution is 0.103. The fraction of sp³-hybridized carbons (Fsp3) is 0.435. The average molecular weight is 382 g/mol. The molecule has 0 spiro atoms. The third-order valence-corrected chi connectivity index (χ3v) is 5.27. The summed E-state index contributed by atoms with van der Waals surface area (Å²) in [4.78, 5) is 28.8. The van der Waals surface area contributed by atoms with Crippen molar-refractivity contribution in [3.8, 4) is 0 Å². The van der Waals surface area contributed by atoms with E-state index in [9.17, 15) is 9.70 Å². The monoisotopic (exact) mass is 381 g/mol. The summed E-state index contributed by atoms with van der Waals surface area (Å²) in [5.41, 5.74) is 3.94. The molecule has 1 unspecified atom stereocenters. The van der Waals surface area contributed by atoms with Crippen molar-refractivity contribution in [3.05, 3.63) is 64.1 Å². The van der Waals surface area contributed by atoms with Gasteiger partial charge in [0.05, 0.1) is 0 Å². The van der Waals surface area contributed by atoms with Crippen LogP contribution in [0.2, 0.25) is 0 Å². The Morgan fingerprint density at radius 3 is 1.86 bits per heavy atom. The van der Waals surface area contributed by atoms with E-state index in [1.54, 1.807) is 6.92 Å². The molecule has 0 heterocycles. The molecule has 0 N–H and O–H groups in total. The second-order valence-corrected chi connectivity index (χ2v) is 6.77. The first-order valence-electron chi connectivity index (χ1n) is 10.1. The zero-order valence-corrected chi connectivity index (χ0v) is 17.6. The zero-order chi connectivity index (χ0) is 20.7. The third-order valence-electron chi connectivity index (χ3n) is 5.27. The van der Waals surface area contributed by atoms with E-state index in [4.69, 9.17) is 0 Å². The first-order valence-corrected chi connectivity index (χ1v) is 10.1. The number of carbonyl (C=O) groups is 1. The molecule has 2 aromatic carbocycles. The molecule has 28 heavy (non-hydrogen) atoms. The van der Waals surface area contributed by atoms with Gasteiger partial charge >= 0.3 is 0 Å². The maximum atomic E-state index is 13.2. The van der Waals surface area contributed by atoms with Gasteiger partial charge in [0.25, 0.3) is 0 Å². The molecule has 0 fully saturated rings. The molecular weight excluding hydrogens is 350 g/mol. The first-order chi connectivity index (χ1) is 13.5. The highest BCUT2D eigenvalue weighted by molar-refractivity contribution is 6.10. The molecule has 0 aromatic heterocycles. The van der Waals surface area contributed by atoms with Crippen LogP contribution in [-0.2, 0) is 0 Å². The molecule has 0 saturated heterocycles. The molecule has 2 rings (SSSR count). The largest absolute Gasteiger partial charge is 0.372 e. The van der Waals surface area contributed by atoms with Crippen LogP contribution in [-0.4, -0.2) is 32.0 Å². The predicted molar refractivity (Wildman–Crippen MR) is 118 cm³/mol. The Kier molecular flexibility index (Phi) is 7.73. The predicted octanol–water partition coefficient (Wildman–Crippen LogP) is 5.44. The van der Waals surface area contributed by atoms with Gasteiger partial charge in [0.2, 0.25) is 0 Å². The lowest BCUT2D eigenvalue weighted by Gasteiger charge is -2.23. The van der Waals surface area contributed by atoms with Crippen molar-refractivity contribution < 1.29 is 4.79 Å². The number of rotatable bonds is 10. The number of benzene rings is 2. The fourth-order valence-corrected chi connectivity index (χ4v) is 3.51. The van der Waals surface area contributed by atoms with Crippen LogP contribution in [0.5, 0.6) is 0 Å². The second kappa shape index (κ2) is 10.0. The third kappa shape index (κ3) is 4.58. The van der Waals surface area contributed by atoms with Gasteiger partial charge in [-0.15, -0.1) is 0 Å². The van der Waals surface area contributed by atoms with E-state index >= 15 is 0 Å². The quantitative estimate of drug-likeness (QED) is 0.406. The van der Waals surface area contributed by atoms with Gasteiger partial charge in [-0.05, 0) is 82.6 Å². The molecular formula is C23H31N3O2. The molecule has 150 valence electrons. The highest BCUT2D eigenvalue weighted by atomic mass is 16.3. The molecule has 0 aliphatic heterocycles. The van der Waals surface area contributed by atoms with Gasteiger partial charge in [0.1, 0.15) is 6.04 Å². The Bertz CT molecular complexity index is 794. The van der Waals surface area contributed by atoms with Crippen LogP contribution in [0, 0.1) is 4.91 Å². The maximum absolute atomic E-state index is 13.2. The molecule has 0 bridgehead atoms. The maximum Gasteiger partial charge on any atom is 0.193 e. The number of hydrogen-bond acceptors (Lipinski definition) is 5. The molecule has 0 radical (unpaired) electrons. The van der Waals surface area contributed by atoms with Crippen LogP contribution in [0.1, 0.15) is 62.1 Å². The average Bonchev–Trinajstić information content (AvgIpc) is 2.75. The Hall–Kier alpha value is -2.69. The van der Waals surface area contributed by atoms with Gasteiger partial charge < -0.3 is 9.80 Å². The van der Waals surface area contributed by atoms with Gasteiger partial charge in [-0.1, -0.05) is 5.18 Å². The molecule has 0 aliphatic rings. The minimum atomic E-state index is -0.579. The number of nitroso groups, excluding NO2 is 1. The van der Waals surface area contributed by atoms with Gasteiger partial charge in [-0.3, -0.25) is 4.79 Å². The summed E-state index contributed by atoms with van der Waals surface area (Å²) in [5, 5.41) is 3.18. The lowest BCUT2D eigenvalue weighted by Crippen LogP contribution is -2.22. The van der Waals surface area contributed by atoms with Crippen LogP contribution in [0.15, 0.2) is 47.6 Å². The van der Waals surface area contributed by atoms with Gasteiger partial charge in [-0.2, -0.15) is 4.91 Å². The molecule has 2 aromatic rings. The van der Waals surface area contributed by atoms with Crippen molar-refractivity contribution in [2.24, 2.45) is 5.18 Å². The van der Waals surface area contributed by atoms with Crippen molar-refractivity contribution in [1.82, 2.24) is 0 Å². The summed E-state index contributed by atoms with van der Waals surface area (Å²) in [7, 11) is 0. The van der Waals surface area contributed by atoms with Crippen LogP contribution >= 0.6 is 0 Å². The molecule has 0 saturated carbocycles. The Labute approximate surface area is 168 Å². The smallest absolute Gasteiger partial charge is 0.193 e. The molecule has 5 nitrogen and oxygen atoms in total. The summed E-state index contributed by atoms with van der Waals surface area (Å²) in [6.45, 7) is 13.7. The van der Waals surface area contributed by atoms with E-state index in [2.05, 4.69) is 42.7 Å². The van der Waals surface area contributed by atoms with Crippen LogP contribution in [0.4, 0.5) is 11.4 Å². The van der Waals surface area contributed by atoms with E-state index in [1.165, 1.54) is 0 Å². The van der Waals surface area contributed by atoms with E-state index < -0.39 is 6.04 Å². The highest BCUT2D eigenvalue weighted by Crippen LogP contribution is 2.29. The summed E-state index contributed by atoms with van der Waals surface area (Å²) >= 11 is 0. The topological polar surface area (TPSA) is 53.0 Å². The number of hydrogen-bond donors (Lipinski definition) is 0. The van der Waals surface area contributed by atoms with Crippen LogP contribution in [0.25, 0.3) is 0 Å². The Morgan fingerprint density at radius 1 is 0.857 bits per heavy atom. The number of carbonyl (C=O) groups excluding carboxylic acids is 1. The van der Waals surface area contributed by atoms with Gasteiger partial charge in [0, 0.05) is 48.7 Å². The standard InChI is InChI=1S/C23H31N3O2/c1-6-25(7-2)19-12-10-18(11-13-19)23(27)21-15-14-20(26(8-3)9-4)16-22(21)17(5)24-28/h10-17H,6-9H2,1-5H3. The van der Waals surface area contributed by atoms with Crippen LogP contribution < -0.4 is 9.80 Å². The zero-order valence-electron chi connectivity index (χ0n) is 17.6. The van der Waals surface area contributed by atoms with Crippen molar-refractivity contribution in [1.29, 1.82) is 0 Å². The fourth-order valence-electron chi connectivity index (χ4n) is 3.51. The SMILES string of the molecule is CCN(CC)c1ccc(C(=O)c2ccc(N(CC)CC)cc2C(C)N=O)cc1. The Balaban J connectivity index is 2.42. The normalized spacial score (nSPS) is 11.8. The van der Waals surface area contributed by atoms with E-state index in [1.807, 2.05) is 42.5 Å². The molecule has 0 aliphatic carbocycles. The highest BCUT2D eigenvalue weighted by Gasteiger charge is 2.20. The van der Waals surface area contributed by atoms with Crippen molar-refractivity contribution in [2.75, 3.05) is 36.0 Å². The van der Waals surface area contributed by atoms with E-state index in [0.717, 1.165) is 37.6 Å². The Morgan fingerprint density at radius 2 is 1.36 bits per heavy atom. The second-order valence-electron chi connectivity index (χ2n) is 6.77. The van der Waals surface area contributed by atoms with Crippen LogP contribution in [0.3, 0.4) is 0 Å². The number of anilines is 2. The molecule has 1 atom stereocenters. The first kappa shape index (κ1) is 21.6. The van der Waals surface area contributed by atoms with Gasteiger partial charge in [-0.25, -0.2) is 0 Å². The molecule has 0 amide bonds. The summed E-state index contributed by atoms with van der Waals surface area (Å²) < 4.78 is 0. The summed E-state index contributed by atoms with van der Waals surface area (Å²) in [5.74, 6) is -0.0808. The van der Waals surface area contributed by atoms with E-state index in [0.29, 0.717) is 16.7 Å². The summed E-state index contributed by atoms with van der Waals surface area (Å²) in [6, 6.07) is 12.8. The minimum absolute atomic E-state index is 0.0808. The minimum Gasteiger partial charge on any atom is -0.372 e. The van der Waals surface area contributed by atoms with E-state index in [-0.39, 0.29) is 5.78 Å². The number of ketones is 1. The van der Waals surface area contributed by atoms with Crippen molar-refractivity contribution in [3.63, 3.8) is 0 Å². The number of nitrogens with zero attached hydrogens (tertiary/aromatic N) is 3. The molecule has 5 heteroatoms. The van der Waals surface area contributed by atoms with Crippen molar-refractivity contribution in [2.45, 2.75) is 40.7 Å².